The number of aliphatic hydroxyl groups is 1. The molecule has 34 heavy (non-hydrogen) atoms. The SMILES string of the molecule is C/C(=C\C=C(/C)c1ccc(C)cc1)Cc1cc(C2CC(C)CC(CO)O2)ccc1C.CC.CC. The maximum absolute atomic E-state index is 9.55. The quantitative estimate of drug-likeness (QED) is 0.433. The van der Waals surface area contributed by atoms with Crippen molar-refractivity contribution in [3.05, 3.63) is 88.0 Å². The number of allylic oxidation sites excluding steroid dienone is 4. The van der Waals surface area contributed by atoms with E-state index in [2.05, 4.69) is 89.2 Å². The molecule has 1 fully saturated rings. The molecule has 0 radical (unpaired) electrons. The molecule has 1 aliphatic rings. The summed E-state index contributed by atoms with van der Waals surface area (Å²) in [7, 11) is 0. The Balaban J connectivity index is 0.00000137. The minimum absolute atomic E-state index is 0.0416. The predicted molar refractivity (Wildman–Crippen MR) is 149 cm³/mol. The Bertz CT molecular complexity index is 905. The lowest BCUT2D eigenvalue weighted by Crippen LogP contribution is -2.29. The van der Waals surface area contributed by atoms with E-state index >= 15 is 0 Å². The van der Waals surface area contributed by atoms with Gasteiger partial charge in [-0.25, -0.2) is 0 Å². The summed E-state index contributed by atoms with van der Waals surface area (Å²) in [6, 6.07) is 15.4. The molecule has 0 spiro atoms. The molecule has 1 N–H and O–H groups in total. The van der Waals surface area contributed by atoms with Gasteiger partial charge in [0, 0.05) is 0 Å². The van der Waals surface area contributed by atoms with Crippen LogP contribution in [0.4, 0.5) is 0 Å². The summed E-state index contributed by atoms with van der Waals surface area (Å²) in [4.78, 5) is 0. The van der Waals surface area contributed by atoms with Gasteiger partial charge < -0.3 is 9.84 Å². The van der Waals surface area contributed by atoms with Crippen LogP contribution < -0.4 is 0 Å². The van der Waals surface area contributed by atoms with Crippen molar-refractivity contribution in [3.8, 4) is 0 Å². The van der Waals surface area contributed by atoms with Crippen LogP contribution in [-0.4, -0.2) is 17.8 Å². The minimum Gasteiger partial charge on any atom is -0.394 e. The lowest BCUT2D eigenvalue weighted by molar-refractivity contribution is -0.0900. The first-order valence-corrected chi connectivity index (χ1v) is 13.1. The van der Waals surface area contributed by atoms with E-state index in [4.69, 9.17) is 4.74 Å². The van der Waals surface area contributed by atoms with Gasteiger partial charge in [0.25, 0.3) is 0 Å². The highest BCUT2D eigenvalue weighted by atomic mass is 16.5. The molecule has 0 bridgehead atoms. The zero-order valence-electron chi connectivity index (χ0n) is 23.1. The summed E-state index contributed by atoms with van der Waals surface area (Å²) in [6.45, 7) is 19.0. The fraction of sp³-hybridized carbons (Fsp3) is 0.500. The number of hydrogen-bond donors (Lipinski definition) is 1. The molecule has 2 aromatic carbocycles. The third kappa shape index (κ3) is 9.24. The Kier molecular flexibility index (Phi) is 13.8. The van der Waals surface area contributed by atoms with Crippen LogP contribution in [0.3, 0.4) is 0 Å². The van der Waals surface area contributed by atoms with Crippen molar-refractivity contribution in [2.75, 3.05) is 6.61 Å². The first-order chi connectivity index (χ1) is 16.4. The molecule has 2 nitrogen and oxygen atoms in total. The number of rotatable bonds is 6. The molecular weight excluding hydrogens is 416 g/mol. The zero-order valence-corrected chi connectivity index (χ0v) is 23.1. The molecule has 1 heterocycles. The third-order valence-electron chi connectivity index (χ3n) is 6.18. The van der Waals surface area contributed by atoms with Crippen LogP contribution in [0.2, 0.25) is 0 Å². The highest BCUT2D eigenvalue weighted by molar-refractivity contribution is 5.65. The van der Waals surface area contributed by atoms with Gasteiger partial charge in [-0.05, 0) is 80.7 Å². The van der Waals surface area contributed by atoms with Gasteiger partial charge in [0.15, 0.2) is 0 Å². The van der Waals surface area contributed by atoms with Crippen LogP contribution in [0.5, 0.6) is 0 Å². The highest BCUT2D eigenvalue weighted by Crippen LogP contribution is 2.35. The van der Waals surface area contributed by atoms with Crippen LogP contribution in [-0.2, 0) is 11.2 Å². The van der Waals surface area contributed by atoms with E-state index in [0.29, 0.717) is 5.92 Å². The zero-order chi connectivity index (χ0) is 25.7. The van der Waals surface area contributed by atoms with E-state index in [1.807, 2.05) is 27.7 Å². The van der Waals surface area contributed by atoms with E-state index in [-0.39, 0.29) is 18.8 Å². The molecule has 2 aromatic rings. The van der Waals surface area contributed by atoms with Crippen molar-refractivity contribution >= 4 is 5.57 Å². The summed E-state index contributed by atoms with van der Waals surface area (Å²) in [5.74, 6) is 0.571. The van der Waals surface area contributed by atoms with E-state index < -0.39 is 0 Å². The van der Waals surface area contributed by atoms with Crippen molar-refractivity contribution in [1.82, 2.24) is 0 Å². The second-order valence-electron chi connectivity index (χ2n) is 9.10. The van der Waals surface area contributed by atoms with Crippen molar-refractivity contribution in [3.63, 3.8) is 0 Å². The Hall–Kier alpha value is -2.16. The topological polar surface area (TPSA) is 29.5 Å². The molecule has 3 atom stereocenters. The van der Waals surface area contributed by atoms with Gasteiger partial charge in [0.05, 0.1) is 18.8 Å². The maximum Gasteiger partial charge on any atom is 0.0832 e. The van der Waals surface area contributed by atoms with Crippen molar-refractivity contribution in [2.45, 2.75) is 93.8 Å². The average Bonchev–Trinajstić information content (AvgIpc) is 2.86. The molecule has 1 saturated heterocycles. The molecule has 3 rings (SSSR count). The molecule has 2 heteroatoms. The van der Waals surface area contributed by atoms with Crippen molar-refractivity contribution in [1.29, 1.82) is 0 Å². The maximum atomic E-state index is 9.55. The Morgan fingerprint density at radius 3 is 2.21 bits per heavy atom. The Labute approximate surface area is 209 Å². The van der Waals surface area contributed by atoms with Crippen LogP contribution in [0.25, 0.3) is 5.57 Å². The first-order valence-electron chi connectivity index (χ1n) is 13.1. The Morgan fingerprint density at radius 2 is 1.59 bits per heavy atom. The van der Waals surface area contributed by atoms with Gasteiger partial charge in [-0.15, -0.1) is 0 Å². The van der Waals surface area contributed by atoms with Crippen molar-refractivity contribution < 1.29 is 9.84 Å². The molecule has 188 valence electrons. The predicted octanol–water partition coefficient (Wildman–Crippen LogP) is 8.80. The third-order valence-corrected chi connectivity index (χ3v) is 6.18. The first kappa shape index (κ1) is 29.9. The summed E-state index contributed by atoms with van der Waals surface area (Å²) in [5, 5.41) is 9.55. The number of aryl methyl sites for hydroxylation is 2. The number of benzene rings is 2. The monoisotopic (exact) mass is 464 g/mol. The second kappa shape index (κ2) is 15.7. The smallest absolute Gasteiger partial charge is 0.0832 e. The number of aliphatic hydroxyl groups excluding tert-OH is 1. The van der Waals surface area contributed by atoms with Crippen LogP contribution in [0.15, 0.2) is 60.2 Å². The fourth-order valence-corrected chi connectivity index (χ4v) is 4.21. The lowest BCUT2D eigenvalue weighted by atomic mass is 9.88. The van der Waals surface area contributed by atoms with Gasteiger partial charge in [-0.1, -0.05) is 100 Å². The molecule has 3 unspecified atom stereocenters. The van der Waals surface area contributed by atoms with E-state index in [9.17, 15) is 5.11 Å². The van der Waals surface area contributed by atoms with Crippen LogP contribution in [0, 0.1) is 19.8 Å². The summed E-state index contributed by atoms with van der Waals surface area (Å²) in [5.41, 5.74) is 9.07. The van der Waals surface area contributed by atoms with Gasteiger partial charge in [0.1, 0.15) is 0 Å². The van der Waals surface area contributed by atoms with Crippen LogP contribution in [0.1, 0.15) is 95.2 Å². The molecular formula is C32H48O2. The summed E-state index contributed by atoms with van der Waals surface area (Å²) in [6.07, 6.45) is 7.40. The molecule has 0 saturated carbocycles. The van der Waals surface area contributed by atoms with E-state index in [1.54, 1.807) is 0 Å². The van der Waals surface area contributed by atoms with E-state index in [1.165, 1.54) is 39.0 Å². The summed E-state index contributed by atoms with van der Waals surface area (Å²) < 4.78 is 6.15. The van der Waals surface area contributed by atoms with Gasteiger partial charge in [-0.3, -0.25) is 0 Å². The number of ether oxygens (including phenoxy) is 1. The van der Waals surface area contributed by atoms with Crippen molar-refractivity contribution in [2.24, 2.45) is 5.92 Å². The molecule has 1 aliphatic heterocycles. The molecule has 0 aromatic heterocycles. The second-order valence-corrected chi connectivity index (χ2v) is 9.10. The largest absolute Gasteiger partial charge is 0.394 e. The van der Waals surface area contributed by atoms with Crippen LogP contribution >= 0.6 is 0 Å². The standard InChI is InChI=1S/C28H36O2.2C2H6/c1-19-7-11-24(12-8-19)22(4)9-6-20(2)14-26-17-25(13-10-23(26)5)28-16-21(3)15-27(18-29)30-28;2*1-2/h6-13,17,21,27-29H,14-16,18H2,1-5H3;2*1-2H3/b20-6+,22-9+;;. The molecule has 0 aliphatic carbocycles. The van der Waals surface area contributed by atoms with Gasteiger partial charge in [-0.2, -0.15) is 0 Å². The summed E-state index contributed by atoms with van der Waals surface area (Å²) >= 11 is 0. The van der Waals surface area contributed by atoms with E-state index in [0.717, 1.165) is 19.3 Å². The minimum atomic E-state index is -0.0416. The molecule has 0 amide bonds. The average molecular weight is 465 g/mol. The normalized spacial score (nSPS) is 20.6. The van der Waals surface area contributed by atoms with Gasteiger partial charge in [0.2, 0.25) is 0 Å². The Morgan fingerprint density at radius 1 is 0.941 bits per heavy atom. The van der Waals surface area contributed by atoms with Gasteiger partial charge >= 0.3 is 0 Å². The lowest BCUT2D eigenvalue weighted by Gasteiger charge is -2.33. The number of hydrogen-bond acceptors (Lipinski definition) is 2. The fourth-order valence-electron chi connectivity index (χ4n) is 4.21. The highest BCUT2D eigenvalue weighted by Gasteiger charge is 2.28.